The maximum Gasteiger partial charge on any atom is 0.417 e. The van der Waals surface area contributed by atoms with Gasteiger partial charge in [0.05, 0.1) is 32.0 Å². The van der Waals surface area contributed by atoms with E-state index in [0.717, 1.165) is 18.2 Å². The molecule has 0 fully saturated rings. The fourth-order valence-corrected chi connectivity index (χ4v) is 3.90. The molecule has 0 aliphatic heterocycles. The van der Waals surface area contributed by atoms with E-state index in [4.69, 9.17) is 18.9 Å². The van der Waals surface area contributed by atoms with Gasteiger partial charge < -0.3 is 24.3 Å². The highest BCUT2D eigenvalue weighted by Gasteiger charge is 2.33. The second kappa shape index (κ2) is 18.5. The van der Waals surface area contributed by atoms with E-state index < -0.39 is 29.6 Å². The average Bonchev–Trinajstić information content (AvgIpc) is 3.07. The Morgan fingerprint density at radius 3 is 1.72 bits per heavy atom. The largest absolute Gasteiger partial charge is 0.494 e. The van der Waals surface area contributed by atoms with Gasteiger partial charge in [0.15, 0.2) is 0 Å². The van der Waals surface area contributed by atoms with E-state index in [1.165, 1.54) is 24.3 Å². The lowest BCUT2D eigenvalue weighted by atomic mass is 10.1. The highest BCUT2D eigenvalue weighted by molar-refractivity contribution is 6.04. The fraction of sp³-hybridized carbons (Fsp3) is 0.250. The minimum absolute atomic E-state index is 0.0364. The highest BCUT2D eigenvalue weighted by Crippen LogP contribution is 2.34. The van der Waals surface area contributed by atoms with Crippen molar-refractivity contribution < 1.29 is 46.5 Å². The van der Waals surface area contributed by atoms with E-state index >= 15 is 0 Å². The van der Waals surface area contributed by atoms with Crippen molar-refractivity contribution >= 4 is 23.5 Å². The van der Waals surface area contributed by atoms with Crippen molar-refractivity contribution in [1.29, 1.82) is 0 Å². The standard InChI is InChI=1S/C36H34F3NO7/c1-3-33(41)46-23-7-5-21-44-30-17-10-26(11-18-30)9-12-27-13-16-29(25-32(27)36(37,38)39)40-35(43)28-14-19-31(20-15-28)45-22-6-8-24-47-34(42)4-2/h3-4,10-11,13-20,25H,1-2,5-8,21-24H2,(H,40,43). The number of unbranched alkanes of at least 4 members (excludes halogenated alkanes) is 2. The summed E-state index contributed by atoms with van der Waals surface area (Å²) in [4.78, 5) is 34.8. The molecule has 0 heterocycles. The lowest BCUT2D eigenvalue weighted by Gasteiger charge is -2.13. The Hall–Kier alpha value is -5.50. The molecule has 0 aliphatic rings. The monoisotopic (exact) mass is 649 g/mol. The van der Waals surface area contributed by atoms with Crippen molar-refractivity contribution in [3.8, 4) is 23.3 Å². The summed E-state index contributed by atoms with van der Waals surface area (Å²) in [6, 6.07) is 16.2. The molecule has 0 aromatic heterocycles. The number of esters is 2. The number of rotatable bonds is 16. The molecule has 246 valence electrons. The Labute approximate surface area is 271 Å². The van der Waals surface area contributed by atoms with Gasteiger partial charge in [-0.15, -0.1) is 0 Å². The van der Waals surface area contributed by atoms with Gasteiger partial charge in [0.2, 0.25) is 0 Å². The lowest BCUT2D eigenvalue weighted by Crippen LogP contribution is -2.14. The van der Waals surface area contributed by atoms with Crippen molar-refractivity contribution in [3.05, 3.63) is 114 Å². The lowest BCUT2D eigenvalue weighted by molar-refractivity contribution is -0.138. The molecule has 0 saturated carbocycles. The molecule has 0 spiro atoms. The first-order valence-corrected chi connectivity index (χ1v) is 14.7. The summed E-state index contributed by atoms with van der Waals surface area (Å²) in [5.41, 5.74) is -0.545. The molecule has 0 bridgehead atoms. The van der Waals surface area contributed by atoms with E-state index in [2.05, 4.69) is 30.3 Å². The molecule has 1 amide bonds. The van der Waals surface area contributed by atoms with Gasteiger partial charge in [-0.25, -0.2) is 9.59 Å². The van der Waals surface area contributed by atoms with Crippen LogP contribution in [0.5, 0.6) is 11.5 Å². The minimum atomic E-state index is -4.71. The quantitative estimate of drug-likeness (QED) is 0.0763. The first-order chi connectivity index (χ1) is 22.6. The Morgan fingerprint density at radius 2 is 1.21 bits per heavy atom. The van der Waals surface area contributed by atoms with E-state index in [0.29, 0.717) is 56.0 Å². The number of carbonyl (C=O) groups excluding carboxylic acids is 3. The zero-order valence-electron chi connectivity index (χ0n) is 25.6. The number of alkyl halides is 3. The Morgan fingerprint density at radius 1 is 0.702 bits per heavy atom. The van der Waals surface area contributed by atoms with Crippen LogP contribution in [0.2, 0.25) is 0 Å². The van der Waals surface area contributed by atoms with Gasteiger partial charge >= 0.3 is 18.1 Å². The topological polar surface area (TPSA) is 100 Å². The fourth-order valence-electron chi connectivity index (χ4n) is 3.90. The number of anilines is 1. The normalized spacial score (nSPS) is 10.5. The number of hydrogen-bond acceptors (Lipinski definition) is 7. The van der Waals surface area contributed by atoms with Gasteiger partial charge in [-0.1, -0.05) is 25.0 Å². The van der Waals surface area contributed by atoms with Crippen LogP contribution in [0.1, 0.15) is 52.7 Å². The van der Waals surface area contributed by atoms with E-state index in [1.54, 1.807) is 36.4 Å². The predicted molar refractivity (Wildman–Crippen MR) is 170 cm³/mol. The first-order valence-electron chi connectivity index (χ1n) is 14.7. The summed E-state index contributed by atoms with van der Waals surface area (Å²) in [6.45, 7) is 7.92. The maximum absolute atomic E-state index is 13.9. The number of ether oxygens (including phenoxy) is 4. The van der Waals surface area contributed by atoms with Gasteiger partial charge in [-0.3, -0.25) is 4.79 Å². The van der Waals surface area contributed by atoms with Gasteiger partial charge in [0.1, 0.15) is 11.5 Å². The molecular weight excluding hydrogens is 615 g/mol. The third kappa shape index (κ3) is 12.8. The molecule has 0 atom stereocenters. The molecule has 47 heavy (non-hydrogen) atoms. The van der Waals surface area contributed by atoms with Gasteiger partial charge in [-0.2, -0.15) is 13.2 Å². The number of nitrogens with one attached hydrogen (secondary N) is 1. The summed E-state index contributed by atoms with van der Waals surface area (Å²) < 4.78 is 62.8. The molecular formula is C36H34F3NO7. The summed E-state index contributed by atoms with van der Waals surface area (Å²) in [7, 11) is 0. The van der Waals surface area contributed by atoms with Crippen LogP contribution in [-0.2, 0) is 25.2 Å². The number of carbonyl (C=O) groups is 3. The predicted octanol–water partition coefficient (Wildman–Crippen LogP) is 7.13. The van der Waals surface area contributed by atoms with Crippen LogP contribution < -0.4 is 14.8 Å². The Balaban J connectivity index is 1.54. The average molecular weight is 650 g/mol. The van der Waals surface area contributed by atoms with Crippen LogP contribution in [0.4, 0.5) is 18.9 Å². The maximum atomic E-state index is 13.9. The number of hydrogen-bond donors (Lipinski definition) is 1. The Kier molecular flexibility index (Phi) is 14.1. The minimum Gasteiger partial charge on any atom is -0.494 e. The van der Waals surface area contributed by atoms with Crippen molar-refractivity contribution in [2.24, 2.45) is 0 Å². The zero-order chi connectivity index (χ0) is 34.1. The van der Waals surface area contributed by atoms with Crippen LogP contribution in [0, 0.1) is 11.8 Å². The van der Waals surface area contributed by atoms with Crippen molar-refractivity contribution in [2.45, 2.75) is 31.9 Å². The number of amides is 1. The van der Waals surface area contributed by atoms with E-state index in [1.807, 2.05) is 0 Å². The summed E-state index contributed by atoms with van der Waals surface area (Å²) >= 11 is 0. The smallest absolute Gasteiger partial charge is 0.417 e. The molecule has 1 N–H and O–H groups in total. The number of benzene rings is 3. The van der Waals surface area contributed by atoms with E-state index in [9.17, 15) is 27.6 Å². The second-order valence-corrected chi connectivity index (χ2v) is 9.87. The van der Waals surface area contributed by atoms with Crippen molar-refractivity contribution in [2.75, 3.05) is 31.7 Å². The third-order valence-corrected chi connectivity index (χ3v) is 6.33. The SMILES string of the molecule is C=CC(=O)OCCCCOc1ccc(C#Cc2ccc(NC(=O)c3ccc(OCCCCOC(=O)C=C)cc3)cc2C(F)(F)F)cc1. The third-order valence-electron chi connectivity index (χ3n) is 6.33. The van der Waals surface area contributed by atoms with Crippen molar-refractivity contribution in [1.82, 2.24) is 0 Å². The van der Waals surface area contributed by atoms with Gasteiger partial charge in [0, 0.05) is 34.5 Å². The molecule has 0 aliphatic carbocycles. The molecule has 11 heteroatoms. The van der Waals surface area contributed by atoms with Crippen molar-refractivity contribution in [3.63, 3.8) is 0 Å². The zero-order valence-corrected chi connectivity index (χ0v) is 25.6. The summed E-state index contributed by atoms with van der Waals surface area (Å²) in [5.74, 6) is 4.84. The summed E-state index contributed by atoms with van der Waals surface area (Å²) in [5, 5.41) is 2.50. The molecule has 3 rings (SSSR count). The highest BCUT2D eigenvalue weighted by atomic mass is 19.4. The first kappa shape index (κ1) is 36.0. The van der Waals surface area contributed by atoms with Gasteiger partial charge in [-0.05, 0) is 92.4 Å². The molecule has 0 radical (unpaired) electrons. The molecule has 0 unspecified atom stereocenters. The van der Waals surface area contributed by atoms with Crippen LogP contribution >= 0.6 is 0 Å². The molecule has 0 saturated heterocycles. The summed E-state index contributed by atoms with van der Waals surface area (Å²) in [6.07, 6.45) is -0.00164. The number of halogens is 3. The molecule has 3 aromatic carbocycles. The second-order valence-electron chi connectivity index (χ2n) is 9.87. The molecule has 3 aromatic rings. The van der Waals surface area contributed by atoms with Crippen LogP contribution in [0.25, 0.3) is 0 Å². The van der Waals surface area contributed by atoms with Crippen LogP contribution in [-0.4, -0.2) is 44.3 Å². The van der Waals surface area contributed by atoms with E-state index in [-0.39, 0.29) is 30.0 Å². The van der Waals surface area contributed by atoms with Crippen LogP contribution in [0.15, 0.2) is 92.0 Å². The van der Waals surface area contributed by atoms with Gasteiger partial charge in [0.25, 0.3) is 5.91 Å². The Bertz CT molecular complexity index is 1590. The van der Waals surface area contributed by atoms with Crippen LogP contribution in [0.3, 0.4) is 0 Å². The molecule has 8 nitrogen and oxygen atoms in total.